The van der Waals surface area contributed by atoms with Crippen molar-refractivity contribution in [1.29, 1.82) is 0 Å². The van der Waals surface area contributed by atoms with Crippen molar-refractivity contribution in [3.63, 3.8) is 0 Å². The maximum atomic E-state index is 12.2. The van der Waals surface area contributed by atoms with E-state index < -0.39 is 0 Å². The molecule has 7 nitrogen and oxygen atoms in total. The molecule has 3 rings (SSSR count). The standard InChI is InChI=1S/C22H35N5O2.HI/c1-23-22(25-12-11-24-21(28)18-7-4-3-5-8-18)27-15-13-26(14-16-27)19-9-6-10-20(17-19)29-2;/h6,9-10,17-18H,3-5,7-8,11-16H2,1-2H3,(H,23,25)(H,24,28);1H. The lowest BCUT2D eigenvalue weighted by atomic mass is 9.89. The van der Waals surface area contributed by atoms with Crippen molar-refractivity contribution in [3.05, 3.63) is 24.3 Å². The zero-order valence-corrected chi connectivity index (χ0v) is 20.6. The van der Waals surface area contributed by atoms with Gasteiger partial charge < -0.3 is 25.2 Å². The molecule has 0 radical (unpaired) electrons. The highest BCUT2D eigenvalue weighted by Gasteiger charge is 2.21. The van der Waals surface area contributed by atoms with Gasteiger partial charge in [-0.3, -0.25) is 9.79 Å². The molecule has 1 heterocycles. The monoisotopic (exact) mass is 529 g/mol. The topological polar surface area (TPSA) is 69.2 Å². The molecule has 0 bridgehead atoms. The van der Waals surface area contributed by atoms with Crippen molar-refractivity contribution in [3.8, 4) is 5.75 Å². The van der Waals surface area contributed by atoms with Crippen molar-refractivity contribution in [1.82, 2.24) is 15.5 Å². The van der Waals surface area contributed by atoms with Crippen LogP contribution in [0.3, 0.4) is 0 Å². The molecule has 1 saturated heterocycles. The van der Waals surface area contributed by atoms with Gasteiger partial charge in [0, 0.05) is 64.0 Å². The van der Waals surface area contributed by atoms with Crippen molar-refractivity contribution in [2.45, 2.75) is 32.1 Å². The number of carbonyl (C=O) groups is 1. The van der Waals surface area contributed by atoms with Crippen LogP contribution in [-0.4, -0.2) is 70.2 Å². The molecule has 1 saturated carbocycles. The molecule has 1 aliphatic heterocycles. The summed E-state index contributed by atoms with van der Waals surface area (Å²) in [5.74, 6) is 2.22. The number of hydrogen-bond donors (Lipinski definition) is 2. The van der Waals surface area contributed by atoms with E-state index in [1.165, 1.54) is 24.9 Å². The fraction of sp³-hybridized carbons (Fsp3) is 0.636. The third-order valence-electron chi connectivity index (χ3n) is 5.89. The maximum absolute atomic E-state index is 12.2. The molecule has 2 aliphatic rings. The van der Waals surface area contributed by atoms with Crippen LogP contribution < -0.4 is 20.3 Å². The minimum atomic E-state index is 0. The lowest BCUT2D eigenvalue weighted by Gasteiger charge is -2.37. The highest BCUT2D eigenvalue weighted by atomic mass is 127. The van der Waals surface area contributed by atoms with Gasteiger partial charge in [0.05, 0.1) is 7.11 Å². The number of nitrogens with zero attached hydrogens (tertiary/aromatic N) is 3. The summed E-state index contributed by atoms with van der Waals surface area (Å²) >= 11 is 0. The molecule has 2 N–H and O–H groups in total. The Morgan fingerprint density at radius 1 is 1.10 bits per heavy atom. The van der Waals surface area contributed by atoms with Crippen LogP contribution in [0.1, 0.15) is 32.1 Å². The molecule has 168 valence electrons. The van der Waals surface area contributed by atoms with Gasteiger partial charge in [0.2, 0.25) is 5.91 Å². The van der Waals surface area contributed by atoms with E-state index in [4.69, 9.17) is 4.74 Å². The van der Waals surface area contributed by atoms with Gasteiger partial charge in [-0.15, -0.1) is 24.0 Å². The quantitative estimate of drug-likeness (QED) is 0.257. The highest BCUT2D eigenvalue weighted by Crippen LogP contribution is 2.23. The number of nitrogens with one attached hydrogen (secondary N) is 2. The molecule has 1 aliphatic carbocycles. The molecule has 0 aromatic heterocycles. The minimum absolute atomic E-state index is 0. The number of halogens is 1. The van der Waals surface area contributed by atoms with E-state index >= 15 is 0 Å². The Kier molecular flexibility index (Phi) is 10.5. The summed E-state index contributed by atoms with van der Waals surface area (Å²) in [6.07, 6.45) is 5.72. The van der Waals surface area contributed by atoms with Crippen molar-refractivity contribution in [2.75, 3.05) is 58.3 Å². The van der Waals surface area contributed by atoms with Crippen LogP contribution in [0.2, 0.25) is 0 Å². The first kappa shape index (κ1) is 24.6. The van der Waals surface area contributed by atoms with Gasteiger partial charge in [-0.05, 0) is 25.0 Å². The molecular formula is C22H36IN5O2. The van der Waals surface area contributed by atoms with Gasteiger partial charge in [-0.1, -0.05) is 25.3 Å². The second kappa shape index (κ2) is 12.9. The predicted octanol–water partition coefficient (Wildman–Crippen LogP) is 2.71. The van der Waals surface area contributed by atoms with E-state index in [1.54, 1.807) is 7.11 Å². The van der Waals surface area contributed by atoms with Gasteiger partial charge in [0.1, 0.15) is 5.75 Å². The second-order valence-electron chi connectivity index (χ2n) is 7.78. The van der Waals surface area contributed by atoms with E-state index in [0.29, 0.717) is 13.1 Å². The lowest BCUT2D eigenvalue weighted by Crippen LogP contribution is -2.53. The summed E-state index contributed by atoms with van der Waals surface area (Å²) in [6, 6.07) is 8.21. The number of amides is 1. The summed E-state index contributed by atoms with van der Waals surface area (Å²) in [5.41, 5.74) is 1.19. The van der Waals surface area contributed by atoms with E-state index in [2.05, 4.69) is 37.6 Å². The van der Waals surface area contributed by atoms with Crippen LogP contribution in [0.25, 0.3) is 0 Å². The third kappa shape index (κ3) is 6.92. The van der Waals surface area contributed by atoms with Crippen molar-refractivity contribution >= 4 is 41.5 Å². The number of anilines is 1. The van der Waals surface area contributed by atoms with E-state index in [9.17, 15) is 4.79 Å². The number of hydrogen-bond acceptors (Lipinski definition) is 4. The Bertz CT molecular complexity index is 686. The van der Waals surface area contributed by atoms with Crippen LogP contribution in [0.15, 0.2) is 29.3 Å². The number of benzene rings is 1. The van der Waals surface area contributed by atoms with Crippen LogP contribution in [0, 0.1) is 5.92 Å². The van der Waals surface area contributed by atoms with Crippen molar-refractivity contribution < 1.29 is 9.53 Å². The number of ether oxygens (including phenoxy) is 1. The second-order valence-corrected chi connectivity index (χ2v) is 7.78. The van der Waals surface area contributed by atoms with Gasteiger partial charge in [0.25, 0.3) is 0 Å². The van der Waals surface area contributed by atoms with Crippen molar-refractivity contribution in [2.24, 2.45) is 10.9 Å². The van der Waals surface area contributed by atoms with Crippen LogP contribution >= 0.6 is 24.0 Å². The maximum Gasteiger partial charge on any atom is 0.223 e. The molecule has 2 fully saturated rings. The number of guanidine groups is 1. The molecule has 30 heavy (non-hydrogen) atoms. The SMILES string of the molecule is CN=C(NCCNC(=O)C1CCCCC1)N1CCN(c2cccc(OC)c2)CC1.I. The fourth-order valence-corrected chi connectivity index (χ4v) is 4.19. The Hall–Kier alpha value is -1.71. The molecule has 0 unspecified atom stereocenters. The Morgan fingerprint density at radius 2 is 1.80 bits per heavy atom. The average Bonchev–Trinajstić information content (AvgIpc) is 2.80. The minimum Gasteiger partial charge on any atom is -0.497 e. The Morgan fingerprint density at radius 3 is 2.47 bits per heavy atom. The highest BCUT2D eigenvalue weighted by molar-refractivity contribution is 14.0. The van der Waals surface area contributed by atoms with E-state index in [1.807, 2.05) is 19.2 Å². The number of piperazine rings is 1. The lowest BCUT2D eigenvalue weighted by molar-refractivity contribution is -0.125. The molecular weight excluding hydrogens is 493 g/mol. The first-order chi connectivity index (χ1) is 14.2. The number of aliphatic imine (C=N–C) groups is 1. The third-order valence-corrected chi connectivity index (χ3v) is 5.89. The Labute approximate surface area is 197 Å². The number of methoxy groups -OCH3 is 1. The van der Waals surface area contributed by atoms with E-state index in [0.717, 1.165) is 50.7 Å². The molecule has 1 amide bonds. The summed E-state index contributed by atoms with van der Waals surface area (Å²) < 4.78 is 5.34. The van der Waals surface area contributed by atoms with Crippen LogP contribution in [0.5, 0.6) is 5.75 Å². The van der Waals surface area contributed by atoms with Gasteiger partial charge >= 0.3 is 0 Å². The average molecular weight is 529 g/mol. The fourth-order valence-electron chi connectivity index (χ4n) is 4.19. The summed E-state index contributed by atoms with van der Waals surface area (Å²) in [6.45, 7) is 5.02. The first-order valence-corrected chi connectivity index (χ1v) is 10.8. The van der Waals surface area contributed by atoms with Crippen LogP contribution in [0.4, 0.5) is 5.69 Å². The summed E-state index contributed by atoms with van der Waals surface area (Å²) in [5, 5.41) is 6.47. The zero-order valence-electron chi connectivity index (χ0n) is 18.2. The molecule has 1 aromatic rings. The molecule has 0 atom stereocenters. The zero-order chi connectivity index (χ0) is 20.5. The number of carbonyl (C=O) groups excluding carboxylic acids is 1. The molecule has 8 heteroatoms. The summed E-state index contributed by atoms with van der Waals surface area (Å²) in [7, 11) is 3.52. The molecule has 0 spiro atoms. The normalized spacial score (nSPS) is 17.9. The summed E-state index contributed by atoms with van der Waals surface area (Å²) in [4.78, 5) is 21.3. The van der Waals surface area contributed by atoms with E-state index in [-0.39, 0.29) is 35.8 Å². The predicted molar refractivity (Wildman–Crippen MR) is 133 cm³/mol. The van der Waals surface area contributed by atoms with Gasteiger partial charge in [-0.25, -0.2) is 0 Å². The number of rotatable bonds is 6. The smallest absolute Gasteiger partial charge is 0.223 e. The van der Waals surface area contributed by atoms with Gasteiger partial charge in [-0.2, -0.15) is 0 Å². The largest absolute Gasteiger partial charge is 0.497 e. The first-order valence-electron chi connectivity index (χ1n) is 10.8. The van der Waals surface area contributed by atoms with Gasteiger partial charge in [0.15, 0.2) is 5.96 Å². The molecule has 1 aromatic carbocycles. The van der Waals surface area contributed by atoms with Crippen LogP contribution in [-0.2, 0) is 4.79 Å². The Balaban J connectivity index is 0.00000320.